The van der Waals surface area contributed by atoms with Crippen molar-refractivity contribution in [1.82, 2.24) is 9.80 Å². The largest absolute Gasteiger partial charge is 0.497 e. The van der Waals surface area contributed by atoms with E-state index in [4.69, 9.17) is 9.47 Å². The highest BCUT2D eigenvalue weighted by molar-refractivity contribution is 5.94. The Bertz CT molecular complexity index is 1040. The molecule has 6 nitrogen and oxygen atoms in total. The summed E-state index contributed by atoms with van der Waals surface area (Å²) in [6, 6.07) is 20.9. The molecule has 3 aromatic carbocycles. The normalized spacial score (nSPS) is 13.9. The Morgan fingerprint density at radius 1 is 0.800 bits per heavy atom. The Morgan fingerprint density at radius 2 is 1.43 bits per heavy atom. The van der Waals surface area contributed by atoms with Crippen molar-refractivity contribution in [1.29, 1.82) is 0 Å². The summed E-state index contributed by atoms with van der Waals surface area (Å²) in [6.07, 6.45) is 0. The van der Waals surface area contributed by atoms with Crippen molar-refractivity contribution < 1.29 is 19.1 Å². The van der Waals surface area contributed by atoms with E-state index in [0.717, 1.165) is 10.8 Å². The van der Waals surface area contributed by atoms with Gasteiger partial charge in [-0.15, -0.1) is 0 Å². The molecule has 3 aromatic rings. The number of ether oxygens (including phenoxy) is 2. The van der Waals surface area contributed by atoms with Crippen molar-refractivity contribution in [2.75, 3.05) is 39.9 Å². The summed E-state index contributed by atoms with van der Waals surface area (Å²) in [5.41, 5.74) is 0.621. The molecule has 1 heterocycles. The molecule has 0 radical (unpaired) electrons. The fraction of sp³-hybridized carbons (Fsp3) is 0.250. The molecular weight excluding hydrogens is 380 g/mol. The van der Waals surface area contributed by atoms with Crippen molar-refractivity contribution in [3.05, 3.63) is 72.3 Å². The van der Waals surface area contributed by atoms with Gasteiger partial charge in [0.05, 0.1) is 7.11 Å². The van der Waals surface area contributed by atoms with Crippen LogP contribution in [0.25, 0.3) is 10.8 Å². The fourth-order valence-electron chi connectivity index (χ4n) is 3.57. The van der Waals surface area contributed by atoms with Crippen LogP contribution in [0.3, 0.4) is 0 Å². The Morgan fingerprint density at radius 3 is 2.13 bits per heavy atom. The molecule has 30 heavy (non-hydrogen) atoms. The van der Waals surface area contributed by atoms with E-state index in [1.807, 2.05) is 42.5 Å². The van der Waals surface area contributed by atoms with Crippen molar-refractivity contribution in [2.24, 2.45) is 0 Å². The van der Waals surface area contributed by atoms with E-state index >= 15 is 0 Å². The first-order valence-electron chi connectivity index (χ1n) is 9.97. The number of nitrogens with zero attached hydrogens (tertiary/aromatic N) is 2. The molecule has 0 bridgehead atoms. The third-order valence-corrected chi connectivity index (χ3v) is 5.34. The average Bonchev–Trinajstić information content (AvgIpc) is 2.82. The van der Waals surface area contributed by atoms with Crippen LogP contribution in [0.5, 0.6) is 11.5 Å². The number of rotatable bonds is 5. The minimum absolute atomic E-state index is 0.00916. The predicted octanol–water partition coefficient (Wildman–Crippen LogP) is 3.21. The number of carbonyl (C=O) groups excluding carboxylic acids is 2. The quantitative estimate of drug-likeness (QED) is 0.655. The van der Waals surface area contributed by atoms with Gasteiger partial charge in [-0.05, 0) is 47.2 Å². The maximum atomic E-state index is 12.7. The van der Waals surface area contributed by atoms with Gasteiger partial charge >= 0.3 is 0 Å². The van der Waals surface area contributed by atoms with Gasteiger partial charge in [0.15, 0.2) is 6.61 Å². The average molecular weight is 404 g/mol. The number of methoxy groups -OCH3 is 1. The van der Waals surface area contributed by atoms with Gasteiger partial charge < -0.3 is 19.3 Å². The van der Waals surface area contributed by atoms with E-state index < -0.39 is 0 Å². The van der Waals surface area contributed by atoms with Crippen LogP contribution in [0.15, 0.2) is 66.7 Å². The summed E-state index contributed by atoms with van der Waals surface area (Å²) in [7, 11) is 1.59. The first-order chi connectivity index (χ1) is 14.6. The molecule has 0 spiro atoms. The fourth-order valence-corrected chi connectivity index (χ4v) is 3.57. The molecule has 1 saturated heterocycles. The topological polar surface area (TPSA) is 59.1 Å². The van der Waals surface area contributed by atoms with E-state index in [2.05, 4.69) is 0 Å². The lowest BCUT2D eigenvalue weighted by molar-refractivity contribution is -0.134. The molecule has 2 amide bonds. The number of benzene rings is 3. The SMILES string of the molecule is COc1ccc(C(=O)N2CCN(C(=O)COc3ccc4ccccc4c3)CC2)cc1. The zero-order chi connectivity index (χ0) is 20.9. The first-order valence-corrected chi connectivity index (χ1v) is 9.97. The van der Waals surface area contributed by atoms with E-state index in [0.29, 0.717) is 43.2 Å². The Hall–Kier alpha value is -3.54. The summed E-state index contributed by atoms with van der Waals surface area (Å²) in [5, 5.41) is 2.21. The molecule has 0 unspecified atom stereocenters. The molecule has 154 valence electrons. The second-order valence-electron chi connectivity index (χ2n) is 7.20. The van der Waals surface area contributed by atoms with E-state index in [1.54, 1.807) is 41.2 Å². The van der Waals surface area contributed by atoms with Crippen molar-refractivity contribution in [3.8, 4) is 11.5 Å². The Labute approximate surface area is 175 Å². The number of carbonyl (C=O) groups is 2. The highest BCUT2D eigenvalue weighted by atomic mass is 16.5. The predicted molar refractivity (Wildman–Crippen MR) is 115 cm³/mol. The van der Waals surface area contributed by atoms with Crippen molar-refractivity contribution in [2.45, 2.75) is 0 Å². The Balaban J connectivity index is 1.28. The zero-order valence-corrected chi connectivity index (χ0v) is 16.9. The van der Waals surface area contributed by atoms with E-state index in [1.165, 1.54) is 0 Å². The number of piperazine rings is 1. The van der Waals surface area contributed by atoms with Gasteiger partial charge in [-0.2, -0.15) is 0 Å². The zero-order valence-electron chi connectivity index (χ0n) is 16.9. The van der Waals surface area contributed by atoms with Crippen molar-refractivity contribution in [3.63, 3.8) is 0 Å². The number of amides is 2. The van der Waals surface area contributed by atoms with Gasteiger partial charge in [0, 0.05) is 31.7 Å². The maximum Gasteiger partial charge on any atom is 0.260 e. The third kappa shape index (κ3) is 4.38. The van der Waals surface area contributed by atoms with Crippen LogP contribution in [0.4, 0.5) is 0 Å². The molecule has 0 aliphatic carbocycles. The van der Waals surface area contributed by atoms with Gasteiger partial charge in [0.2, 0.25) is 0 Å². The lowest BCUT2D eigenvalue weighted by atomic mass is 10.1. The number of hydrogen-bond donors (Lipinski definition) is 0. The molecule has 6 heteroatoms. The van der Waals surface area contributed by atoms with Gasteiger partial charge in [0.1, 0.15) is 11.5 Å². The molecular formula is C24H24N2O4. The lowest BCUT2D eigenvalue weighted by Crippen LogP contribution is -2.51. The van der Waals surface area contributed by atoms with E-state index in [9.17, 15) is 9.59 Å². The van der Waals surface area contributed by atoms with Gasteiger partial charge in [-0.1, -0.05) is 30.3 Å². The molecule has 0 saturated carbocycles. The molecule has 1 aliphatic rings. The van der Waals surface area contributed by atoms with Crippen LogP contribution in [-0.2, 0) is 4.79 Å². The summed E-state index contributed by atoms with van der Waals surface area (Å²) < 4.78 is 10.8. The molecule has 0 aromatic heterocycles. The second kappa shape index (κ2) is 8.86. The van der Waals surface area contributed by atoms with Gasteiger partial charge in [0.25, 0.3) is 11.8 Å². The minimum Gasteiger partial charge on any atom is -0.497 e. The maximum absolute atomic E-state index is 12.7. The molecule has 0 atom stereocenters. The van der Waals surface area contributed by atoms with Crippen LogP contribution in [0.2, 0.25) is 0 Å². The van der Waals surface area contributed by atoms with E-state index in [-0.39, 0.29) is 18.4 Å². The lowest BCUT2D eigenvalue weighted by Gasteiger charge is -2.34. The second-order valence-corrected chi connectivity index (χ2v) is 7.20. The van der Waals surface area contributed by atoms with Gasteiger partial charge in [-0.3, -0.25) is 9.59 Å². The highest BCUT2D eigenvalue weighted by Crippen LogP contribution is 2.21. The molecule has 0 N–H and O–H groups in total. The van der Waals surface area contributed by atoms with Crippen LogP contribution >= 0.6 is 0 Å². The monoisotopic (exact) mass is 404 g/mol. The summed E-state index contributed by atoms with van der Waals surface area (Å²) in [5.74, 6) is 1.29. The van der Waals surface area contributed by atoms with Crippen molar-refractivity contribution >= 4 is 22.6 Å². The Kier molecular flexibility index (Phi) is 5.84. The summed E-state index contributed by atoms with van der Waals surface area (Å²) in [6.45, 7) is 2.01. The van der Waals surface area contributed by atoms with Crippen LogP contribution in [0, 0.1) is 0 Å². The summed E-state index contributed by atoms with van der Waals surface area (Å²) in [4.78, 5) is 28.7. The summed E-state index contributed by atoms with van der Waals surface area (Å²) >= 11 is 0. The van der Waals surface area contributed by atoms with Crippen LogP contribution in [0.1, 0.15) is 10.4 Å². The standard InChI is InChI=1S/C24H24N2O4/c1-29-21-9-7-19(8-10-21)24(28)26-14-12-25(13-15-26)23(27)17-30-22-11-6-18-4-2-3-5-20(18)16-22/h2-11,16H,12-15,17H2,1H3. The number of fused-ring (bicyclic) bond motifs is 1. The van der Waals surface area contributed by atoms with Crippen LogP contribution in [-0.4, -0.2) is 61.5 Å². The molecule has 1 aliphatic heterocycles. The molecule has 4 rings (SSSR count). The number of hydrogen-bond acceptors (Lipinski definition) is 4. The highest BCUT2D eigenvalue weighted by Gasteiger charge is 2.25. The van der Waals surface area contributed by atoms with Crippen LogP contribution < -0.4 is 9.47 Å². The molecule has 1 fully saturated rings. The van der Waals surface area contributed by atoms with Gasteiger partial charge in [-0.25, -0.2) is 0 Å². The third-order valence-electron chi connectivity index (χ3n) is 5.34. The smallest absolute Gasteiger partial charge is 0.260 e. The first kappa shape index (κ1) is 19.8. The minimum atomic E-state index is -0.0697.